The van der Waals surface area contributed by atoms with E-state index in [-0.39, 0.29) is 13.0 Å². The fourth-order valence-electron chi connectivity index (χ4n) is 0.250. The molecule has 0 aromatic heterocycles. The van der Waals surface area contributed by atoms with Gasteiger partial charge in [0, 0.05) is 13.6 Å². The number of carboxylic acid groups (broad SMARTS) is 1. The summed E-state index contributed by atoms with van der Waals surface area (Å²) in [6, 6.07) is 0. The SMILES string of the molecule is CN(F)CCC(=O)O. The van der Waals surface area contributed by atoms with E-state index in [4.69, 9.17) is 5.11 Å². The number of carbonyl (C=O) groups is 1. The Morgan fingerprint density at radius 3 is 2.50 bits per heavy atom. The number of hydrogen-bond donors (Lipinski definition) is 1. The van der Waals surface area contributed by atoms with Crippen LogP contribution in [0.1, 0.15) is 6.42 Å². The zero-order valence-corrected chi connectivity index (χ0v) is 4.59. The van der Waals surface area contributed by atoms with Gasteiger partial charge < -0.3 is 5.11 Å². The second kappa shape index (κ2) is 3.37. The van der Waals surface area contributed by atoms with Gasteiger partial charge in [0.2, 0.25) is 0 Å². The molecule has 8 heavy (non-hydrogen) atoms. The summed E-state index contributed by atoms with van der Waals surface area (Å²) in [6.45, 7) is -0.0463. The lowest BCUT2D eigenvalue weighted by atomic mass is 10.4. The van der Waals surface area contributed by atoms with Gasteiger partial charge >= 0.3 is 5.97 Å². The Balaban J connectivity index is 3.05. The molecule has 3 nitrogen and oxygen atoms in total. The molecule has 0 heterocycles. The maximum absolute atomic E-state index is 11.6. The van der Waals surface area contributed by atoms with Crippen molar-refractivity contribution in [2.75, 3.05) is 13.6 Å². The van der Waals surface area contributed by atoms with Gasteiger partial charge in [0.25, 0.3) is 0 Å². The van der Waals surface area contributed by atoms with Crippen molar-refractivity contribution in [3.63, 3.8) is 0 Å². The Hall–Kier alpha value is -0.640. The minimum absolute atomic E-state index is 0.0463. The number of rotatable bonds is 3. The van der Waals surface area contributed by atoms with E-state index in [2.05, 4.69) is 0 Å². The summed E-state index contributed by atoms with van der Waals surface area (Å²) in [4.78, 5) is 9.71. The van der Waals surface area contributed by atoms with Crippen molar-refractivity contribution < 1.29 is 14.4 Å². The molecule has 4 heteroatoms. The van der Waals surface area contributed by atoms with Crippen molar-refractivity contribution in [1.82, 2.24) is 5.12 Å². The lowest BCUT2D eigenvalue weighted by Crippen LogP contribution is -2.11. The third-order valence-electron chi connectivity index (χ3n) is 0.634. The summed E-state index contributed by atoms with van der Waals surface area (Å²) in [5, 5.41) is 8.31. The lowest BCUT2D eigenvalue weighted by molar-refractivity contribution is -0.138. The third-order valence-corrected chi connectivity index (χ3v) is 0.634. The smallest absolute Gasteiger partial charge is 0.304 e. The number of hydrogen-bond acceptors (Lipinski definition) is 2. The van der Waals surface area contributed by atoms with E-state index in [1.807, 2.05) is 0 Å². The highest BCUT2D eigenvalue weighted by molar-refractivity contribution is 5.66. The third kappa shape index (κ3) is 5.36. The monoisotopic (exact) mass is 121 g/mol. The lowest BCUT2D eigenvalue weighted by Gasteiger charge is -1.98. The molecule has 0 aliphatic heterocycles. The largest absolute Gasteiger partial charge is 0.481 e. The van der Waals surface area contributed by atoms with Gasteiger partial charge in [-0.05, 0) is 0 Å². The summed E-state index contributed by atoms with van der Waals surface area (Å²) >= 11 is 0. The van der Waals surface area contributed by atoms with Gasteiger partial charge in [0.1, 0.15) is 0 Å². The normalized spacial score (nSPS) is 9.88. The van der Waals surface area contributed by atoms with Gasteiger partial charge in [-0.25, -0.2) is 0 Å². The average molecular weight is 121 g/mol. The Kier molecular flexibility index (Phi) is 3.10. The van der Waals surface area contributed by atoms with E-state index in [1.165, 1.54) is 7.05 Å². The fourth-order valence-corrected chi connectivity index (χ4v) is 0.250. The maximum Gasteiger partial charge on any atom is 0.304 e. The van der Waals surface area contributed by atoms with Crippen LogP contribution in [0.2, 0.25) is 0 Å². The molecule has 0 unspecified atom stereocenters. The zero-order chi connectivity index (χ0) is 6.57. The van der Waals surface area contributed by atoms with Crippen LogP contribution in [0.3, 0.4) is 0 Å². The molecule has 1 N–H and O–H groups in total. The predicted octanol–water partition coefficient (Wildman–Crippen LogP) is 0.277. The quantitative estimate of drug-likeness (QED) is 0.545. The Morgan fingerprint density at radius 1 is 1.88 bits per heavy atom. The Morgan fingerprint density at radius 2 is 2.38 bits per heavy atom. The van der Waals surface area contributed by atoms with Gasteiger partial charge in [0.05, 0.1) is 6.42 Å². The van der Waals surface area contributed by atoms with E-state index >= 15 is 0 Å². The Bertz CT molecular complexity index is 84.1. The van der Waals surface area contributed by atoms with Crippen molar-refractivity contribution in [2.24, 2.45) is 0 Å². The first-order valence-electron chi connectivity index (χ1n) is 2.21. The van der Waals surface area contributed by atoms with Gasteiger partial charge in [-0.3, -0.25) is 4.79 Å². The van der Waals surface area contributed by atoms with E-state index < -0.39 is 5.97 Å². The second-order valence-electron chi connectivity index (χ2n) is 1.47. The van der Waals surface area contributed by atoms with Crippen molar-refractivity contribution >= 4 is 5.97 Å². The van der Waals surface area contributed by atoms with Crippen LogP contribution in [0.5, 0.6) is 0 Å². The van der Waals surface area contributed by atoms with Crippen LogP contribution in [0, 0.1) is 0 Å². The molecule has 0 rings (SSSR count). The van der Waals surface area contributed by atoms with Crippen LogP contribution in [-0.2, 0) is 4.79 Å². The van der Waals surface area contributed by atoms with E-state index in [9.17, 15) is 9.28 Å². The molecule has 0 aliphatic rings. The topological polar surface area (TPSA) is 40.5 Å². The summed E-state index contributed by atoms with van der Waals surface area (Å²) in [5.41, 5.74) is 0. The average Bonchev–Trinajstić information content (AvgIpc) is 1.61. The molecule has 0 aromatic carbocycles. The van der Waals surface area contributed by atoms with Gasteiger partial charge in [-0.2, -0.15) is 0 Å². The van der Waals surface area contributed by atoms with Crippen LogP contribution >= 0.6 is 0 Å². The van der Waals surface area contributed by atoms with Crippen molar-refractivity contribution in [3.8, 4) is 0 Å². The summed E-state index contributed by atoms with van der Waals surface area (Å²) in [6.07, 6.45) is -0.146. The maximum atomic E-state index is 11.6. The van der Waals surface area contributed by atoms with Crippen LogP contribution in [0.15, 0.2) is 0 Å². The van der Waals surface area contributed by atoms with Gasteiger partial charge in [-0.1, -0.05) is 0 Å². The molecular formula is C4H8FNO2. The number of nitrogens with zero attached hydrogens (tertiary/aromatic N) is 1. The fraction of sp³-hybridized carbons (Fsp3) is 0.750. The first-order chi connectivity index (χ1) is 3.63. The molecule has 0 bridgehead atoms. The molecule has 0 saturated heterocycles. The minimum Gasteiger partial charge on any atom is -0.481 e. The first-order valence-corrected chi connectivity index (χ1v) is 2.21. The molecule has 0 amide bonds. The summed E-state index contributed by atoms with van der Waals surface area (Å²) < 4.78 is 11.6. The standard InChI is InChI=1S/C4H8FNO2/c1-6(5)3-2-4(7)8/h2-3H2,1H3,(H,7,8). The van der Waals surface area contributed by atoms with Crippen LogP contribution in [0.25, 0.3) is 0 Å². The van der Waals surface area contributed by atoms with Crippen molar-refractivity contribution in [1.29, 1.82) is 0 Å². The molecule has 0 aliphatic carbocycles. The molecule has 0 atom stereocenters. The summed E-state index contributed by atoms with van der Waals surface area (Å²) in [5.74, 6) is -0.977. The van der Waals surface area contributed by atoms with Crippen molar-refractivity contribution in [3.05, 3.63) is 0 Å². The van der Waals surface area contributed by atoms with E-state index in [0.29, 0.717) is 5.12 Å². The highest BCUT2D eigenvalue weighted by atomic mass is 19.2. The first kappa shape index (κ1) is 7.36. The van der Waals surface area contributed by atoms with Crippen molar-refractivity contribution in [2.45, 2.75) is 6.42 Å². The molecule has 0 spiro atoms. The molecule has 0 fully saturated rings. The van der Waals surface area contributed by atoms with Crippen LogP contribution < -0.4 is 0 Å². The van der Waals surface area contributed by atoms with E-state index in [1.54, 1.807) is 0 Å². The number of halogens is 1. The van der Waals surface area contributed by atoms with Crippen LogP contribution in [-0.4, -0.2) is 29.8 Å². The molecule has 48 valence electrons. The zero-order valence-electron chi connectivity index (χ0n) is 4.59. The Labute approximate surface area is 46.7 Å². The number of carboxylic acids is 1. The molecule has 0 saturated carbocycles. The highest BCUT2D eigenvalue weighted by Gasteiger charge is 1.98. The molecular weight excluding hydrogens is 113 g/mol. The highest BCUT2D eigenvalue weighted by Crippen LogP contribution is 1.85. The van der Waals surface area contributed by atoms with Gasteiger partial charge in [0.15, 0.2) is 0 Å². The molecule has 0 radical (unpaired) electrons. The van der Waals surface area contributed by atoms with Gasteiger partial charge in [-0.15, -0.1) is 9.60 Å². The minimum atomic E-state index is -0.977. The summed E-state index contributed by atoms with van der Waals surface area (Å²) in [7, 11) is 1.18. The molecule has 0 aromatic rings. The second-order valence-corrected chi connectivity index (χ2v) is 1.47. The number of aliphatic carboxylic acids is 1. The van der Waals surface area contributed by atoms with Crippen LogP contribution in [0.4, 0.5) is 4.48 Å². The van der Waals surface area contributed by atoms with E-state index in [0.717, 1.165) is 0 Å². The predicted molar refractivity (Wildman–Crippen MR) is 26.0 cm³/mol.